The lowest BCUT2D eigenvalue weighted by Gasteiger charge is -2.41. The van der Waals surface area contributed by atoms with Crippen LogP contribution in [0.1, 0.15) is 0 Å². The third-order valence-electron chi connectivity index (χ3n) is 4.86. The zero-order valence-electron chi connectivity index (χ0n) is 15.6. The van der Waals surface area contributed by atoms with Gasteiger partial charge in [0.25, 0.3) is 5.56 Å². The molecule has 1 fully saturated rings. The molecule has 2 heterocycles. The van der Waals surface area contributed by atoms with Gasteiger partial charge in [0.2, 0.25) is 0 Å². The van der Waals surface area contributed by atoms with Gasteiger partial charge in [-0.2, -0.15) is 10.6 Å². The van der Waals surface area contributed by atoms with Crippen LogP contribution in [-0.2, 0) is 0 Å². The van der Waals surface area contributed by atoms with E-state index < -0.39 is 10.6 Å². The first-order chi connectivity index (χ1) is 14.2. The van der Waals surface area contributed by atoms with E-state index >= 15 is 0 Å². The molecule has 0 saturated carbocycles. The van der Waals surface area contributed by atoms with Crippen LogP contribution in [0.5, 0.6) is 0 Å². The van der Waals surface area contributed by atoms with Gasteiger partial charge in [-0.05, 0) is 42.5 Å². The highest BCUT2D eigenvalue weighted by atomic mass is 35.5. The summed E-state index contributed by atoms with van der Waals surface area (Å²) in [5.41, 5.74) is 0.856. The minimum absolute atomic E-state index is 0.242. The molecule has 0 radical (unpaired) electrons. The summed E-state index contributed by atoms with van der Waals surface area (Å²) in [6.07, 6.45) is 0. The largest absolute Gasteiger partial charge is 0.353 e. The van der Waals surface area contributed by atoms with Crippen molar-refractivity contribution in [3.63, 3.8) is 0 Å². The lowest BCUT2D eigenvalue weighted by atomic mass is 10.2. The fourth-order valence-electron chi connectivity index (χ4n) is 3.28. The average molecular weight is 487 g/mol. The van der Waals surface area contributed by atoms with Crippen molar-refractivity contribution in [1.82, 2.24) is 9.55 Å². The summed E-state index contributed by atoms with van der Waals surface area (Å²) in [5, 5.41) is 1.39. The van der Waals surface area contributed by atoms with Crippen molar-refractivity contribution in [2.24, 2.45) is 0 Å². The molecule has 1 aromatic heterocycles. The maximum Gasteiger partial charge on any atom is 0.260 e. The van der Waals surface area contributed by atoms with Gasteiger partial charge in [0.05, 0.1) is 22.2 Å². The number of benzene rings is 2. The minimum Gasteiger partial charge on any atom is -0.353 e. The van der Waals surface area contributed by atoms with Crippen LogP contribution in [0.4, 0.5) is 5.82 Å². The molecule has 6 nitrogen and oxygen atoms in total. The van der Waals surface area contributed by atoms with Crippen molar-refractivity contribution in [2.45, 2.75) is 0 Å². The molecule has 2 aromatic carbocycles. The van der Waals surface area contributed by atoms with Crippen LogP contribution >= 0.6 is 45.4 Å². The molecular formula is C20H18Cl3N3O3S. The summed E-state index contributed by atoms with van der Waals surface area (Å²) in [5.74, 6) is 1.30. The molecule has 0 spiro atoms. The summed E-state index contributed by atoms with van der Waals surface area (Å²) in [6.45, 7) is 0.793. The fraction of sp³-hybridized carbons (Fsp3) is 0.200. The standard InChI is InChI=1S/C20H18Cl3N3O3S/c21-13-1-4-15(5-2-13)26-19(27)12-18(25-7-9-30(28,29)10-8-25)24-20(26)16-6-3-14(22)11-17(16)23/h1-6,11-12,28-29H,7-10H2. The number of nitrogens with zero attached hydrogens (tertiary/aromatic N) is 3. The number of anilines is 1. The van der Waals surface area contributed by atoms with Crippen LogP contribution < -0.4 is 10.5 Å². The van der Waals surface area contributed by atoms with Gasteiger partial charge in [0.1, 0.15) is 5.82 Å². The molecule has 0 unspecified atom stereocenters. The Kier molecular flexibility index (Phi) is 6.03. The van der Waals surface area contributed by atoms with E-state index in [1.165, 1.54) is 10.6 Å². The molecule has 30 heavy (non-hydrogen) atoms. The van der Waals surface area contributed by atoms with Crippen LogP contribution in [0, 0.1) is 0 Å². The molecule has 0 atom stereocenters. The van der Waals surface area contributed by atoms with E-state index in [1.54, 1.807) is 42.5 Å². The Labute approximate surface area is 190 Å². The number of rotatable bonds is 3. The third-order valence-corrected chi connectivity index (χ3v) is 7.33. The van der Waals surface area contributed by atoms with Crippen molar-refractivity contribution < 1.29 is 9.11 Å². The Morgan fingerprint density at radius 3 is 2.17 bits per heavy atom. The van der Waals surface area contributed by atoms with Gasteiger partial charge >= 0.3 is 0 Å². The molecule has 2 N–H and O–H groups in total. The van der Waals surface area contributed by atoms with E-state index in [0.29, 0.717) is 51.1 Å². The molecule has 0 bridgehead atoms. The average Bonchev–Trinajstić information content (AvgIpc) is 2.68. The smallest absolute Gasteiger partial charge is 0.260 e. The van der Waals surface area contributed by atoms with Gasteiger partial charge in [-0.1, -0.05) is 34.8 Å². The topological polar surface area (TPSA) is 78.6 Å². The van der Waals surface area contributed by atoms with Crippen LogP contribution in [-0.4, -0.2) is 43.3 Å². The molecule has 3 aromatic rings. The van der Waals surface area contributed by atoms with Crippen LogP contribution in [0.2, 0.25) is 15.1 Å². The Bertz CT molecular complexity index is 1140. The zero-order chi connectivity index (χ0) is 21.5. The van der Waals surface area contributed by atoms with E-state index in [9.17, 15) is 13.9 Å². The Morgan fingerprint density at radius 2 is 1.53 bits per heavy atom. The van der Waals surface area contributed by atoms with Gasteiger partial charge in [-0.3, -0.25) is 18.5 Å². The summed E-state index contributed by atoms with van der Waals surface area (Å²) < 4.78 is 21.2. The van der Waals surface area contributed by atoms with E-state index in [2.05, 4.69) is 0 Å². The van der Waals surface area contributed by atoms with E-state index in [0.717, 1.165) is 0 Å². The molecule has 1 aliphatic rings. The maximum absolute atomic E-state index is 13.2. The number of aromatic nitrogens is 2. The quantitative estimate of drug-likeness (QED) is 0.516. The first kappa shape index (κ1) is 21.5. The predicted octanol–water partition coefficient (Wildman–Crippen LogP) is 5.43. The third kappa shape index (κ3) is 4.46. The predicted molar refractivity (Wildman–Crippen MR) is 125 cm³/mol. The van der Waals surface area contributed by atoms with Gasteiger partial charge < -0.3 is 4.90 Å². The van der Waals surface area contributed by atoms with Gasteiger partial charge in [0.15, 0.2) is 5.82 Å². The second-order valence-electron chi connectivity index (χ2n) is 6.91. The highest BCUT2D eigenvalue weighted by Crippen LogP contribution is 2.41. The maximum atomic E-state index is 13.2. The Hall–Kier alpha value is -1.74. The van der Waals surface area contributed by atoms with Crippen LogP contribution in [0.25, 0.3) is 17.1 Å². The van der Waals surface area contributed by atoms with E-state index in [4.69, 9.17) is 39.8 Å². The minimum atomic E-state index is -2.56. The van der Waals surface area contributed by atoms with Gasteiger partial charge in [-0.25, -0.2) is 4.98 Å². The molecule has 0 amide bonds. The lowest BCUT2D eigenvalue weighted by molar-refractivity contribution is 0.479. The molecule has 1 aliphatic heterocycles. The highest BCUT2D eigenvalue weighted by Gasteiger charge is 2.25. The first-order valence-corrected chi connectivity index (χ1v) is 12.1. The number of halogens is 3. The van der Waals surface area contributed by atoms with Crippen molar-refractivity contribution >= 4 is 51.2 Å². The normalized spacial score (nSPS) is 17.0. The lowest BCUT2D eigenvalue weighted by Crippen LogP contribution is -2.39. The second-order valence-corrected chi connectivity index (χ2v) is 10.6. The zero-order valence-corrected chi connectivity index (χ0v) is 18.7. The molecule has 10 heteroatoms. The van der Waals surface area contributed by atoms with Crippen molar-refractivity contribution in [3.05, 3.63) is 74.0 Å². The monoisotopic (exact) mass is 485 g/mol. The molecule has 0 aliphatic carbocycles. The number of hydrogen-bond donors (Lipinski definition) is 2. The van der Waals surface area contributed by atoms with Crippen molar-refractivity contribution in [1.29, 1.82) is 0 Å². The Balaban J connectivity index is 1.88. The molecule has 4 rings (SSSR count). The molecular weight excluding hydrogens is 469 g/mol. The SMILES string of the molecule is O=c1cc(N2CCS(O)(O)CC2)nc(-c2ccc(Cl)cc2Cl)n1-c1ccc(Cl)cc1. The van der Waals surface area contributed by atoms with Gasteiger partial charge in [0, 0.05) is 34.8 Å². The fourth-order valence-corrected chi connectivity index (χ4v) is 5.13. The van der Waals surface area contributed by atoms with Crippen molar-refractivity contribution in [2.75, 3.05) is 29.5 Å². The molecule has 158 valence electrons. The van der Waals surface area contributed by atoms with E-state index in [1.807, 2.05) is 4.90 Å². The summed E-state index contributed by atoms with van der Waals surface area (Å²) >= 11 is 18.5. The van der Waals surface area contributed by atoms with Crippen LogP contribution in [0.3, 0.4) is 0 Å². The summed E-state index contributed by atoms with van der Waals surface area (Å²) in [4.78, 5) is 19.8. The number of hydrogen-bond acceptors (Lipinski definition) is 5. The van der Waals surface area contributed by atoms with E-state index in [-0.39, 0.29) is 17.1 Å². The first-order valence-electron chi connectivity index (χ1n) is 9.07. The van der Waals surface area contributed by atoms with Crippen LogP contribution in [0.15, 0.2) is 53.3 Å². The highest BCUT2D eigenvalue weighted by molar-refractivity contribution is 8.24. The van der Waals surface area contributed by atoms with Gasteiger partial charge in [-0.15, -0.1) is 0 Å². The summed E-state index contributed by atoms with van der Waals surface area (Å²) in [7, 11) is -2.56. The molecule has 1 saturated heterocycles. The summed E-state index contributed by atoms with van der Waals surface area (Å²) in [6, 6.07) is 13.3. The second kappa shape index (κ2) is 8.42. The van der Waals surface area contributed by atoms with Crippen molar-refractivity contribution in [3.8, 4) is 17.1 Å². The Morgan fingerprint density at radius 1 is 0.900 bits per heavy atom.